The van der Waals surface area contributed by atoms with Crippen LogP contribution in [0.2, 0.25) is 5.02 Å². The average molecular weight is 398 g/mol. The van der Waals surface area contributed by atoms with Gasteiger partial charge >= 0.3 is 0 Å². The molecule has 146 valence electrons. The van der Waals surface area contributed by atoms with Crippen molar-refractivity contribution in [3.8, 4) is 0 Å². The molecule has 7 heteroatoms. The number of aromatic nitrogens is 4. The lowest BCUT2D eigenvalue weighted by atomic mass is 10.1. The largest absolute Gasteiger partial charge is 0.338 e. The zero-order valence-corrected chi connectivity index (χ0v) is 17.3. The highest BCUT2D eigenvalue weighted by atomic mass is 35.5. The van der Waals surface area contributed by atoms with Gasteiger partial charge < -0.3 is 4.90 Å². The van der Waals surface area contributed by atoms with Crippen molar-refractivity contribution in [2.24, 2.45) is 7.05 Å². The molecule has 3 rings (SSSR count). The zero-order valence-electron chi connectivity index (χ0n) is 16.6. The minimum atomic E-state index is -0.0680. The van der Waals surface area contributed by atoms with Crippen LogP contribution in [0.4, 0.5) is 0 Å². The molecule has 0 unspecified atom stereocenters. The molecule has 0 fully saturated rings. The van der Waals surface area contributed by atoms with E-state index in [-0.39, 0.29) is 5.91 Å². The number of benzene rings is 1. The van der Waals surface area contributed by atoms with E-state index >= 15 is 0 Å². The maximum Gasteiger partial charge on any atom is 0.246 e. The molecule has 0 bridgehead atoms. The Morgan fingerprint density at radius 1 is 1.29 bits per heavy atom. The van der Waals surface area contributed by atoms with Crippen LogP contribution in [0.1, 0.15) is 28.1 Å². The first-order valence-corrected chi connectivity index (χ1v) is 9.41. The van der Waals surface area contributed by atoms with Crippen LogP contribution in [-0.4, -0.2) is 37.4 Å². The third-order valence-electron chi connectivity index (χ3n) is 4.66. The van der Waals surface area contributed by atoms with Crippen molar-refractivity contribution in [1.29, 1.82) is 0 Å². The maximum atomic E-state index is 12.5. The number of carbonyl (C=O) groups excluding carboxylic acids is 1. The Morgan fingerprint density at radius 3 is 2.71 bits per heavy atom. The summed E-state index contributed by atoms with van der Waals surface area (Å²) >= 11 is 6.27. The van der Waals surface area contributed by atoms with E-state index in [1.807, 2.05) is 62.1 Å². The molecule has 0 saturated carbocycles. The van der Waals surface area contributed by atoms with E-state index in [2.05, 4.69) is 10.2 Å². The third kappa shape index (κ3) is 4.51. The molecule has 0 aliphatic rings. The summed E-state index contributed by atoms with van der Waals surface area (Å²) in [6.45, 7) is 5.05. The number of amides is 1. The lowest BCUT2D eigenvalue weighted by Gasteiger charge is -2.13. The van der Waals surface area contributed by atoms with E-state index in [9.17, 15) is 4.79 Å². The lowest BCUT2D eigenvalue weighted by molar-refractivity contribution is -0.125. The molecule has 1 aromatic carbocycles. The smallest absolute Gasteiger partial charge is 0.246 e. The number of likely N-dealkylation sites (N-methyl/N-ethyl adjacent to an activating group) is 1. The average Bonchev–Trinajstić information content (AvgIpc) is 3.18. The molecule has 0 saturated heterocycles. The second-order valence-electron chi connectivity index (χ2n) is 6.88. The Morgan fingerprint density at radius 2 is 2.04 bits per heavy atom. The van der Waals surface area contributed by atoms with Gasteiger partial charge in [-0.15, -0.1) is 0 Å². The fourth-order valence-electron chi connectivity index (χ4n) is 3.08. The second-order valence-corrected chi connectivity index (χ2v) is 7.29. The molecule has 0 aliphatic carbocycles. The van der Waals surface area contributed by atoms with Gasteiger partial charge in [0, 0.05) is 54.8 Å². The van der Waals surface area contributed by atoms with Crippen molar-refractivity contribution in [1.82, 2.24) is 24.5 Å². The molecular weight excluding hydrogens is 374 g/mol. The van der Waals surface area contributed by atoms with Gasteiger partial charge in [-0.2, -0.15) is 10.2 Å². The third-order valence-corrected chi connectivity index (χ3v) is 5.03. The van der Waals surface area contributed by atoms with Crippen LogP contribution in [0.5, 0.6) is 0 Å². The summed E-state index contributed by atoms with van der Waals surface area (Å²) < 4.78 is 3.64. The highest BCUT2D eigenvalue weighted by Gasteiger charge is 2.12. The fourth-order valence-corrected chi connectivity index (χ4v) is 3.28. The first-order valence-electron chi connectivity index (χ1n) is 9.03. The van der Waals surface area contributed by atoms with Gasteiger partial charge in [0.1, 0.15) is 0 Å². The first kappa shape index (κ1) is 19.9. The summed E-state index contributed by atoms with van der Waals surface area (Å²) in [5.41, 5.74) is 4.83. The number of rotatable bonds is 6. The fraction of sp³-hybridized carbons (Fsp3) is 0.286. The molecule has 0 aliphatic heterocycles. The van der Waals surface area contributed by atoms with Crippen molar-refractivity contribution in [3.63, 3.8) is 0 Å². The number of aryl methyl sites for hydroxylation is 2. The Bertz CT molecular complexity index is 1020. The molecule has 0 atom stereocenters. The molecule has 0 N–H and O–H groups in total. The number of halogens is 1. The van der Waals surface area contributed by atoms with Crippen molar-refractivity contribution in [3.05, 3.63) is 75.8 Å². The SMILES string of the molecule is Cc1nn(Cc2ccccc2Cl)c(C)c1/C=C/C(=O)N(C)Cc1cnn(C)c1. The van der Waals surface area contributed by atoms with Crippen molar-refractivity contribution >= 4 is 23.6 Å². The molecule has 2 aromatic heterocycles. The quantitative estimate of drug-likeness (QED) is 0.597. The van der Waals surface area contributed by atoms with Gasteiger partial charge in [-0.05, 0) is 31.6 Å². The van der Waals surface area contributed by atoms with Crippen LogP contribution in [0.3, 0.4) is 0 Å². The summed E-state index contributed by atoms with van der Waals surface area (Å²) in [6, 6.07) is 7.74. The van der Waals surface area contributed by atoms with E-state index in [0.717, 1.165) is 33.1 Å². The number of hydrogen-bond donors (Lipinski definition) is 0. The molecule has 0 radical (unpaired) electrons. The molecule has 6 nitrogen and oxygen atoms in total. The van der Waals surface area contributed by atoms with Crippen LogP contribution in [0, 0.1) is 13.8 Å². The van der Waals surface area contributed by atoms with E-state index in [1.165, 1.54) is 0 Å². The maximum absolute atomic E-state index is 12.5. The Hall–Kier alpha value is -2.86. The Balaban J connectivity index is 1.72. The summed E-state index contributed by atoms with van der Waals surface area (Å²) in [5.74, 6) is -0.0680. The van der Waals surface area contributed by atoms with Gasteiger partial charge in [0.15, 0.2) is 0 Å². The second kappa shape index (κ2) is 8.44. The lowest BCUT2D eigenvalue weighted by Crippen LogP contribution is -2.23. The summed E-state index contributed by atoms with van der Waals surface area (Å²) in [7, 11) is 3.64. The Kier molecular flexibility index (Phi) is 5.99. The monoisotopic (exact) mass is 397 g/mol. The van der Waals surface area contributed by atoms with E-state index < -0.39 is 0 Å². The molecular formula is C21H24ClN5O. The minimum Gasteiger partial charge on any atom is -0.338 e. The van der Waals surface area contributed by atoms with Crippen LogP contribution >= 0.6 is 11.6 Å². The van der Waals surface area contributed by atoms with Crippen LogP contribution in [0.15, 0.2) is 42.7 Å². The van der Waals surface area contributed by atoms with Crippen LogP contribution < -0.4 is 0 Å². The van der Waals surface area contributed by atoms with Gasteiger partial charge in [-0.1, -0.05) is 29.8 Å². The van der Waals surface area contributed by atoms with Gasteiger partial charge in [0.25, 0.3) is 0 Å². The molecule has 0 spiro atoms. The number of hydrogen-bond acceptors (Lipinski definition) is 3. The van der Waals surface area contributed by atoms with Crippen LogP contribution in [-0.2, 0) is 24.9 Å². The summed E-state index contributed by atoms with van der Waals surface area (Å²) in [6.07, 6.45) is 7.09. The van der Waals surface area contributed by atoms with Gasteiger partial charge in [0.2, 0.25) is 5.91 Å². The predicted molar refractivity (Wildman–Crippen MR) is 111 cm³/mol. The normalized spacial score (nSPS) is 11.3. The topological polar surface area (TPSA) is 56.0 Å². The summed E-state index contributed by atoms with van der Waals surface area (Å²) in [4.78, 5) is 14.1. The molecule has 28 heavy (non-hydrogen) atoms. The highest BCUT2D eigenvalue weighted by Crippen LogP contribution is 2.20. The molecule has 3 aromatic rings. The molecule has 2 heterocycles. The number of nitrogens with zero attached hydrogens (tertiary/aromatic N) is 5. The molecule has 1 amide bonds. The van der Waals surface area contributed by atoms with E-state index in [4.69, 9.17) is 11.6 Å². The van der Waals surface area contributed by atoms with Crippen molar-refractivity contribution < 1.29 is 4.79 Å². The highest BCUT2D eigenvalue weighted by molar-refractivity contribution is 6.31. The standard InChI is InChI=1S/C21H24ClN5O/c1-15-19(9-10-21(28)25(3)12-17-11-23-26(4)13-17)16(2)27(24-15)14-18-7-5-6-8-20(18)22/h5-11,13H,12,14H2,1-4H3/b10-9+. The Labute approximate surface area is 170 Å². The van der Waals surface area contributed by atoms with Crippen molar-refractivity contribution in [2.45, 2.75) is 26.9 Å². The first-order chi connectivity index (χ1) is 13.3. The van der Waals surface area contributed by atoms with E-state index in [1.54, 1.807) is 28.9 Å². The number of carbonyl (C=O) groups is 1. The zero-order chi connectivity index (χ0) is 20.3. The van der Waals surface area contributed by atoms with Gasteiger partial charge in [-0.25, -0.2) is 0 Å². The van der Waals surface area contributed by atoms with Crippen molar-refractivity contribution in [2.75, 3.05) is 7.05 Å². The van der Waals surface area contributed by atoms with Gasteiger partial charge in [0.05, 0.1) is 18.4 Å². The minimum absolute atomic E-state index is 0.0680. The van der Waals surface area contributed by atoms with Crippen LogP contribution in [0.25, 0.3) is 6.08 Å². The summed E-state index contributed by atoms with van der Waals surface area (Å²) in [5, 5.41) is 9.46. The predicted octanol–water partition coefficient (Wildman–Crippen LogP) is 3.61. The van der Waals surface area contributed by atoms with Gasteiger partial charge in [-0.3, -0.25) is 14.2 Å². The van der Waals surface area contributed by atoms with E-state index in [0.29, 0.717) is 13.1 Å².